The Bertz CT molecular complexity index is 1200. The first-order valence-electron chi connectivity index (χ1n) is 8.95. The number of aromatic nitrogens is 3. The van der Waals surface area contributed by atoms with E-state index in [0.717, 1.165) is 11.1 Å². The van der Waals surface area contributed by atoms with Crippen LogP contribution in [0.15, 0.2) is 60.8 Å². The highest BCUT2D eigenvalue weighted by Gasteiger charge is 2.19. The molecule has 3 heterocycles. The van der Waals surface area contributed by atoms with Gasteiger partial charge in [-0.05, 0) is 36.4 Å². The molecule has 0 aliphatic rings. The van der Waals surface area contributed by atoms with Crippen LogP contribution in [-0.2, 0) is 11.2 Å². The lowest BCUT2D eigenvalue weighted by molar-refractivity contribution is 0.0593. The van der Waals surface area contributed by atoms with Crippen LogP contribution >= 0.6 is 0 Å². The van der Waals surface area contributed by atoms with Crippen molar-refractivity contribution >= 4 is 11.5 Å². The minimum Gasteiger partial charge on any atom is -0.495 e. The second-order valence-corrected chi connectivity index (χ2v) is 6.39. The molecule has 0 radical (unpaired) electrons. The van der Waals surface area contributed by atoms with Crippen LogP contribution in [0.25, 0.3) is 16.8 Å². The van der Waals surface area contributed by atoms with E-state index in [1.54, 1.807) is 48.2 Å². The van der Waals surface area contributed by atoms with Crippen LogP contribution in [0.3, 0.4) is 0 Å². The molecule has 4 rings (SSSR count). The number of nitrogens with zero attached hydrogens (tertiary/aromatic N) is 3. The summed E-state index contributed by atoms with van der Waals surface area (Å²) < 4.78 is 26.2. The number of fused-ring (bicyclic) bond motifs is 1. The highest BCUT2D eigenvalue weighted by atomic mass is 19.1. The van der Waals surface area contributed by atoms with E-state index in [1.807, 2.05) is 18.2 Å². The molecule has 0 unspecified atom stereocenters. The van der Waals surface area contributed by atoms with Gasteiger partial charge in [-0.25, -0.2) is 18.7 Å². The molecule has 4 aromatic rings. The molecule has 0 saturated carbocycles. The number of ether oxygens (including phenoxy) is 2. The quantitative estimate of drug-likeness (QED) is 0.483. The van der Waals surface area contributed by atoms with Crippen molar-refractivity contribution in [2.75, 3.05) is 14.2 Å². The molecule has 0 saturated heterocycles. The summed E-state index contributed by atoms with van der Waals surface area (Å²) in [5, 5.41) is 4.60. The van der Waals surface area contributed by atoms with Crippen molar-refractivity contribution in [3.63, 3.8) is 0 Å². The predicted octanol–water partition coefficient (Wildman–Crippen LogP) is 3.92. The number of benzene rings is 1. The lowest BCUT2D eigenvalue weighted by atomic mass is 10.0. The van der Waals surface area contributed by atoms with Crippen molar-refractivity contribution in [1.82, 2.24) is 14.6 Å². The Morgan fingerprint density at radius 1 is 1.07 bits per heavy atom. The third kappa shape index (κ3) is 3.54. The Labute approximate surface area is 166 Å². The summed E-state index contributed by atoms with van der Waals surface area (Å²) in [5.74, 6) is -0.233. The number of carbonyl (C=O) groups excluding carboxylic acids is 1. The van der Waals surface area contributed by atoms with E-state index in [4.69, 9.17) is 9.47 Å². The van der Waals surface area contributed by atoms with Gasteiger partial charge < -0.3 is 9.47 Å². The zero-order chi connectivity index (χ0) is 20.4. The average Bonchev–Trinajstić information content (AvgIpc) is 3.10. The van der Waals surface area contributed by atoms with Gasteiger partial charge >= 0.3 is 5.97 Å². The van der Waals surface area contributed by atoms with Crippen LogP contribution in [0.1, 0.15) is 21.7 Å². The third-order valence-electron chi connectivity index (χ3n) is 4.63. The van der Waals surface area contributed by atoms with Crippen molar-refractivity contribution in [1.29, 1.82) is 0 Å². The third-order valence-corrected chi connectivity index (χ3v) is 4.63. The Morgan fingerprint density at radius 3 is 2.66 bits per heavy atom. The molecular weight excluding hydrogens is 373 g/mol. The molecule has 0 N–H and O–H groups in total. The van der Waals surface area contributed by atoms with E-state index >= 15 is 0 Å². The first-order chi connectivity index (χ1) is 14.1. The fraction of sp³-hybridized carbons (Fsp3) is 0.136. The Morgan fingerprint density at radius 2 is 1.90 bits per heavy atom. The molecule has 7 heteroatoms. The standard InChI is InChI=1S/C22H18FN3O3/c1-28-15-10-11-20-17(12-14-6-5-9-19(24-14)22(27)29-2)21(25-26(20)13-15)16-7-3-4-8-18(16)23/h3-11,13H,12H2,1-2H3. The van der Waals surface area contributed by atoms with Crippen LogP contribution in [0.4, 0.5) is 4.39 Å². The Kier molecular flexibility index (Phi) is 4.95. The maximum absolute atomic E-state index is 14.5. The second kappa shape index (κ2) is 7.71. The molecule has 0 atom stereocenters. The molecule has 0 bridgehead atoms. The fourth-order valence-corrected chi connectivity index (χ4v) is 3.22. The van der Waals surface area contributed by atoms with Gasteiger partial charge in [-0.3, -0.25) is 0 Å². The topological polar surface area (TPSA) is 65.7 Å². The average molecular weight is 391 g/mol. The lowest BCUT2D eigenvalue weighted by Crippen LogP contribution is -2.06. The predicted molar refractivity (Wildman–Crippen MR) is 106 cm³/mol. The minimum absolute atomic E-state index is 0.218. The maximum Gasteiger partial charge on any atom is 0.356 e. The van der Waals surface area contributed by atoms with Gasteiger partial charge in [0.25, 0.3) is 0 Å². The van der Waals surface area contributed by atoms with Gasteiger partial charge in [-0.15, -0.1) is 0 Å². The van der Waals surface area contributed by atoms with Crippen LogP contribution in [0, 0.1) is 5.82 Å². The zero-order valence-corrected chi connectivity index (χ0v) is 15.9. The van der Waals surface area contributed by atoms with Crippen molar-refractivity contribution in [2.45, 2.75) is 6.42 Å². The molecule has 0 aliphatic carbocycles. The number of pyridine rings is 2. The summed E-state index contributed by atoms with van der Waals surface area (Å²) in [6.45, 7) is 0. The summed E-state index contributed by atoms with van der Waals surface area (Å²) in [7, 11) is 2.89. The lowest BCUT2D eigenvalue weighted by Gasteiger charge is -2.06. The van der Waals surface area contributed by atoms with Crippen LogP contribution in [0.2, 0.25) is 0 Å². The van der Waals surface area contributed by atoms with E-state index < -0.39 is 5.97 Å². The normalized spacial score (nSPS) is 10.9. The van der Waals surface area contributed by atoms with Crippen molar-refractivity contribution in [2.24, 2.45) is 0 Å². The van der Waals surface area contributed by atoms with E-state index in [0.29, 0.717) is 29.1 Å². The van der Waals surface area contributed by atoms with Crippen LogP contribution < -0.4 is 4.74 Å². The van der Waals surface area contributed by atoms with E-state index in [1.165, 1.54) is 13.2 Å². The highest BCUT2D eigenvalue weighted by Crippen LogP contribution is 2.31. The summed E-state index contributed by atoms with van der Waals surface area (Å²) in [4.78, 5) is 16.2. The first-order valence-corrected chi connectivity index (χ1v) is 8.95. The summed E-state index contributed by atoms with van der Waals surface area (Å²) in [6.07, 6.45) is 2.10. The summed E-state index contributed by atoms with van der Waals surface area (Å²) in [5.41, 5.74) is 3.38. The number of rotatable bonds is 5. The maximum atomic E-state index is 14.5. The molecule has 0 aliphatic heterocycles. The molecule has 3 aromatic heterocycles. The summed E-state index contributed by atoms with van der Waals surface area (Å²) >= 11 is 0. The number of halogens is 1. The van der Waals surface area contributed by atoms with Crippen molar-refractivity contribution in [3.05, 3.63) is 83.6 Å². The second-order valence-electron chi connectivity index (χ2n) is 6.39. The van der Waals surface area contributed by atoms with E-state index in [2.05, 4.69) is 10.1 Å². The number of esters is 1. The van der Waals surface area contributed by atoms with Gasteiger partial charge in [0.15, 0.2) is 0 Å². The zero-order valence-electron chi connectivity index (χ0n) is 15.9. The molecule has 146 valence electrons. The Balaban J connectivity index is 1.87. The number of methoxy groups -OCH3 is 2. The molecule has 29 heavy (non-hydrogen) atoms. The number of carbonyl (C=O) groups is 1. The van der Waals surface area contributed by atoms with E-state index in [-0.39, 0.29) is 11.5 Å². The molecular formula is C22H18FN3O3. The van der Waals surface area contributed by atoms with Gasteiger partial charge in [0.05, 0.1) is 31.6 Å². The molecule has 0 spiro atoms. The largest absolute Gasteiger partial charge is 0.495 e. The fourth-order valence-electron chi connectivity index (χ4n) is 3.22. The van der Waals surface area contributed by atoms with Crippen LogP contribution in [0.5, 0.6) is 5.75 Å². The van der Waals surface area contributed by atoms with Gasteiger partial charge in [-0.1, -0.05) is 18.2 Å². The van der Waals surface area contributed by atoms with Gasteiger partial charge in [0, 0.05) is 23.2 Å². The SMILES string of the molecule is COC(=O)c1cccc(Cc2c(-c3ccccc3F)nn3cc(OC)ccc23)n1. The monoisotopic (exact) mass is 391 g/mol. The molecule has 6 nitrogen and oxygen atoms in total. The highest BCUT2D eigenvalue weighted by molar-refractivity contribution is 5.87. The Hall–Kier alpha value is -3.74. The summed E-state index contributed by atoms with van der Waals surface area (Å²) in [6, 6.07) is 15.3. The smallest absolute Gasteiger partial charge is 0.356 e. The van der Waals surface area contributed by atoms with Crippen molar-refractivity contribution in [3.8, 4) is 17.0 Å². The molecule has 0 amide bonds. The molecule has 0 fully saturated rings. The van der Waals surface area contributed by atoms with Gasteiger partial charge in [0.1, 0.15) is 17.3 Å². The number of hydrogen-bond acceptors (Lipinski definition) is 5. The first kappa shape index (κ1) is 18.6. The minimum atomic E-state index is -0.509. The van der Waals surface area contributed by atoms with Crippen molar-refractivity contribution < 1.29 is 18.7 Å². The molecule has 1 aromatic carbocycles. The number of hydrogen-bond donors (Lipinski definition) is 0. The van der Waals surface area contributed by atoms with Gasteiger partial charge in [-0.2, -0.15) is 5.10 Å². The van der Waals surface area contributed by atoms with Crippen LogP contribution in [-0.4, -0.2) is 34.8 Å². The van der Waals surface area contributed by atoms with Gasteiger partial charge in [0.2, 0.25) is 0 Å². The van der Waals surface area contributed by atoms with E-state index in [9.17, 15) is 9.18 Å².